The zero-order valence-corrected chi connectivity index (χ0v) is 7.86. The van der Waals surface area contributed by atoms with Crippen LogP contribution < -0.4 is 0 Å². The number of hydrogen-bond acceptors (Lipinski definition) is 2. The summed E-state index contributed by atoms with van der Waals surface area (Å²) in [5.41, 5.74) is 1.56. The number of phenolic OH excluding ortho intramolecular Hbond substituents is 1. The van der Waals surface area contributed by atoms with Gasteiger partial charge in [-0.3, -0.25) is 4.99 Å². The van der Waals surface area contributed by atoms with E-state index in [4.69, 9.17) is 0 Å². The molecule has 68 valence electrons. The molecule has 1 aromatic carbocycles. The van der Waals surface area contributed by atoms with E-state index in [0.29, 0.717) is 0 Å². The molecular weight excluding hydrogens is 162 g/mol. The van der Waals surface area contributed by atoms with E-state index in [-0.39, 0.29) is 5.75 Å². The number of rotatable bonds is 2. The van der Waals surface area contributed by atoms with E-state index >= 15 is 0 Å². The van der Waals surface area contributed by atoms with Crippen LogP contribution in [0.1, 0.15) is 19.4 Å². The molecule has 0 saturated heterocycles. The van der Waals surface area contributed by atoms with Crippen LogP contribution in [0.4, 0.5) is 0 Å². The zero-order chi connectivity index (χ0) is 9.68. The van der Waals surface area contributed by atoms with Crippen molar-refractivity contribution in [3.8, 4) is 5.75 Å². The highest BCUT2D eigenvalue weighted by molar-refractivity contribution is 5.75. The summed E-state index contributed by atoms with van der Waals surface area (Å²) in [4.78, 5) is 4.15. The van der Waals surface area contributed by atoms with Crippen LogP contribution >= 0.6 is 0 Å². The van der Waals surface area contributed by atoms with Gasteiger partial charge in [0.25, 0.3) is 0 Å². The Labute approximate surface area is 78.3 Å². The lowest BCUT2D eigenvalue weighted by atomic mass is 10.1. The lowest BCUT2D eigenvalue weighted by molar-refractivity contribution is 0.473. The molecule has 0 spiro atoms. The lowest BCUT2D eigenvalue weighted by Gasteiger charge is -2.03. The standard InChI is InChI=1S/C11H13NO/c1-3-10(12-4-2)9-7-5-6-8-11(9)13/h3-8,13H,1-2H3/b10-3-,12-4?. The lowest BCUT2D eigenvalue weighted by Crippen LogP contribution is -1.81. The number of hydrogen-bond donors (Lipinski definition) is 1. The molecule has 0 aliphatic rings. The molecule has 0 aromatic heterocycles. The van der Waals surface area contributed by atoms with Crippen LogP contribution in [0, 0.1) is 0 Å². The van der Waals surface area contributed by atoms with E-state index in [1.165, 1.54) is 0 Å². The van der Waals surface area contributed by atoms with Gasteiger partial charge in [0.2, 0.25) is 0 Å². The molecule has 2 heteroatoms. The number of aliphatic imine (C=N–C) groups is 1. The molecule has 0 amide bonds. The maximum Gasteiger partial charge on any atom is 0.124 e. The molecule has 0 bridgehead atoms. The molecule has 0 saturated carbocycles. The van der Waals surface area contributed by atoms with Gasteiger partial charge in [-0.25, -0.2) is 0 Å². The van der Waals surface area contributed by atoms with Gasteiger partial charge in [-0.1, -0.05) is 18.2 Å². The van der Waals surface area contributed by atoms with Crippen LogP contribution in [0.2, 0.25) is 0 Å². The first kappa shape index (κ1) is 9.52. The molecule has 0 radical (unpaired) electrons. The molecule has 0 fully saturated rings. The molecule has 1 aromatic rings. The SMILES string of the molecule is CC=N/C(=C\C)c1ccccc1O. The van der Waals surface area contributed by atoms with Gasteiger partial charge in [-0.2, -0.15) is 0 Å². The summed E-state index contributed by atoms with van der Waals surface area (Å²) in [5.74, 6) is 0.265. The van der Waals surface area contributed by atoms with Crippen molar-refractivity contribution in [2.45, 2.75) is 13.8 Å². The molecular formula is C11H13NO. The summed E-state index contributed by atoms with van der Waals surface area (Å²) in [6, 6.07) is 7.17. The number of nitrogens with zero attached hydrogens (tertiary/aromatic N) is 1. The minimum absolute atomic E-state index is 0.265. The molecule has 0 unspecified atom stereocenters. The highest BCUT2D eigenvalue weighted by atomic mass is 16.3. The summed E-state index contributed by atoms with van der Waals surface area (Å²) in [6.07, 6.45) is 3.58. The largest absolute Gasteiger partial charge is 0.507 e. The molecule has 1 N–H and O–H groups in total. The van der Waals surface area contributed by atoms with E-state index in [1.54, 1.807) is 18.3 Å². The first-order chi connectivity index (χ1) is 6.29. The van der Waals surface area contributed by atoms with Gasteiger partial charge in [-0.15, -0.1) is 0 Å². The van der Waals surface area contributed by atoms with Crippen molar-refractivity contribution in [1.29, 1.82) is 0 Å². The molecule has 1 rings (SSSR count). The van der Waals surface area contributed by atoms with Gasteiger partial charge in [0.1, 0.15) is 5.75 Å². The fourth-order valence-corrected chi connectivity index (χ4v) is 1.13. The van der Waals surface area contributed by atoms with Gasteiger partial charge in [-0.05, 0) is 26.0 Å². The Morgan fingerprint density at radius 3 is 2.54 bits per heavy atom. The van der Waals surface area contributed by atoms with Crippen molar-refractivity contribution in [3.05, 3.63) is 35.9 Å². The monoisotopic (exact) mass is 175 g/mol. The molecule has 0 atom stereocenters. The number of para-hydroxylation sites is 1. The maximum atomic E-state index is 9.52. The normalized spacial score (nSPS) is 12.3. The predicted molar refractivity (Wildman–Crippen MR) is 55.9 cm³/mol. The fourth-order valence-electron chi connectivity index (χ4n) is 1.13. The smallest absolute Gasteiger partial charge is 0.124 e. The van der Waals surface area contributed by atoms with Crippen LogP contribution in [-0.2, 0) is 0 Å². The number of phenols is 1. The minimum atomic E-state index is 0.265. The van der Waals surface area contributed by atoms with Crippen molar-refractivity contribution < 1.29 is 5.11 Å². The summed E-state index contributed by atoms with van der Waals surface area (Å²) in [5, 5.41) is 9.52. The van der Waals surface area contributed by atoms with Crippen LogP contribution in [0.3, 0.4) is 0 Å². The highest BCUT2D eigenvalue weighted by Crippen LogP contribution is 2.24. The zero-order valence-electron chi connectivity index (χ0n) is 7.86. The van der Waals surface area contributed by atoms with Crippen molar-refractivity contribution >= 4 is 11.9 Å². The summed E-state index contributed by atoms with van der Waals surface area (Å²) in [6.45, 7) is 3.75. The third kappa shape index (κ3) is 2.18. The molecule has 13 heavy (non-hydrogen) atoms. The average Bonchev–Trinajstić information content (AvgIpc) is 2.16. The minimum Gasteiger partial charge on any atom is -0.507 e. The second-order valence-electron chi connectivity index (χ2n) is 2.58. The van der Waals surface area contributed by atoms with E-state index in [9.17, 15) is 5.11 Å². The predicted octanol–water partition coefficient (Wildman–Crippen LogP) is 2.84. The number of aromatic hydroxyl groups is 1. The van der Waals surface area contributed by atoms with Crippen LogP contribution in [-0.4, -0.2) is 11.3 Å². The van der Waals surface area contributed by atoms with Crippen molar-refractivity contribution in [2.24, 2.45) is 4.99 Å². The molecule has 0 aliphatic heterocycles. The Morgan fingerprint density at radius 2 is 2.00 bits per heavy atom. The first-order valence-electron chi connectivity index (χ1n) is 4.23. The number of allylic oxidation sites excluding steroid dienone is 1. The Morgan fingerprint density at radius 1 is 1.31 bits per heavy atom. The van der Waals surface area contributed by atoms with Crippen LogP contribution in [0.25, 0.3) is 5.70 Å². The highest BCUT2D eigenvalue weighted by Gasteiger charge is 2.02. The van der Waals surface area contributed by atoms with E-state index < -0.39 is 0 Å². The van der Waals surface area contributed by atoms with Crippen molar-refractivity contribution in [2.75, 3.05) is 0 Å². The van der Waals surface area contributed by atoms with Gasteiger partial charge < -0.3 is 5.11 Å². The summed E-state index contributed by atoms with van der Waals surface area (Å²) < 4.78 is 0. The molecule has 0 heterocycles. The van der Waals surface area contributed by atoms with E-state index in [2.05, 4.69) is 4.99 Å². The van der Waals surface area contributed by atoms with Gasteiger partial charge in [0, 0.05) is 11.8 Å². The van der Waals surface area contributed by atoms with Crippen LogP contribution in [0.15, 0.2) is 35.3 Å². The summed E-state index contributed by atoms with van der Waals surface area (Å²) in [7, 11) is 0. The quantitative estimate of drug-likeness (QED) is 0.689. The number of benzene rings is 1. The Kier molecular flexibility index (Phi) is 3.26. The molecule has 0 aliphatic carbocycles. The Balaban J connectivity index is 3.13. The van der Waals surface area contributed by atoms with E-state index in [0.717, 1.165) is 11.3 Å². The van der Waals surface area contributed by atoms with Gasteiger partial charge in [0.05, 0.1) is 5.70 Å². The maximum absolute atomic E-state index is 9.52. The second kappa shape index (κ2) is 4.45. The van der Waals surface area contributed by atoms with Crippen molar-refractivity contribution in [3.63, 3.8) is 0 Å². The molecule has 2 nitrogen and oxygen atoms in total. The fraction of sp³-hybridized carbons (Fsp3) is 0.182. The third-order valence-electron chi connectivity index (χ3n) is 1.72. The Hall–Kier alpha value is -1.57. The van der Waals surface area contributed by atoms with Crippen LogP contribution in [0.5, 0.6) is 5.75 Å². The topological polar surface area (TPSA) is 32.6 Å². The third-order valence-corrected chi connectivity index (χ3v) is 1.72. The first-order valence-corrected chi connectivity index (χ1v) is 4.23. The van der Waals surface area contributed by atoms with Crippen molar-refractivity contribution in [1.82, 2.24) is 0 Å². The average molecular weight is 175 g/mol. The van der Waals surface area contributed by atoms with Gasteiger partial charge in [0.15, 0.2) is 0 Å². The summed E-state index contributed by atoms with van der Waals surface area (Å²) >= 11 is 0. The Bertz CT molecular complexity index is 340. The second-order valence-corrected chi connectivity index (χ2v) is 2.58. The van der Waals surface area contributed by atoms with E-state index in [1.807, 2.05) is 32.1 Å². The van der Waals surface area contributed by atoms with Gasteiger partial charge >= 0.3 is 0 Å².